The number of hydrogen-bond donors (Lipinski definition) is 2. The van der Waals surface area contributed by atoms with Crippen LogP contribution < -0.4 is 15.4 Å². The average molecular weight is 403 g/mol. The molecule has 2 rings (SSSR count). The maximum Gasteiger partial charge on any atom is 0.269 e. The zero-order valence-corrected chi connectivity index (χ0v) is 16.0. The Balaban J connectivity index is 2.06. The van der Waals surface area contributed by atoms with Crippen molar-refractivity contribution < 1.29 is 9.53 Å². The number of hydrogen-bond acceptors (Lipinski definition) is 6. The van der Waals surface area contributed by atoms with Crippen molar-refractivity contribution in [3.63, 3.8) is 0 Å². The topological polar surface area (TPSA) is 94.0 Å². The van der Waals surface area contributed by atoms with E-state index in [0.29, 0.717) is 17.5 Å². The average Bonchev–Trinajstić information content (AvgIpc) is 2.92. The number of benzene rings is 1. The lowest BCUT2D eigenvalue weighted by Crippen LogP contribution is -2.34. The largest absolute Gasteiger partial charge is 0.494 e. The molecule has 0 saturated heterocycles. The van der Waals surface area contributed by atoms with Gasteiger partial charge in [-0.2, -0.15) is 4.80 Å². The number of amides is 1. The zero-order chi connectivity index (χ0) is 18.6. The van der Waals surface area contributed by atoms with Crippen LogP contribution in [0.3, 0.4) is 0 Å². The number of nitrogens with zero attached hydrogens (tertiary/aromatic N) is 4. The van der Waals surface area contributed by atoms with Crippen LogP contribution in [0, 0.1) is 5.92 Å². The van der Waals surface area contributed by atoms with Gasteiger partial charge in [-0.25, -0.2) is 0 Å². The minimum absolute atomic E-state index is 0.00671. The van der Waals surface area contributed by atoms with Gasteiger partial charge in [0.25, 0.3) is 11.9 Å². The molecule has 11 heteroatoms. The van der Waals surface area contributed by atoms with Crippen molar-refractivity contribution >= 4 is 52.4 Å². The lowest BCUT2D eigenvalue weighted by molar-refractivity contribution is 0.0975. The molecule has 2 N–H and O–H groups in total. The van der Waals surface area contributed by atoms with Gasteiger partial charge in [-0.1, -0.05) is 42.1 Å². The predicted molar refractivity (Wildman–Crippen MR) is 99.4 cm³/mol. The van der Waals surface area contributed by atoms with E-state index in [1.807, 2.05) is 13.8 Å². The second-order valence-electron chi connectivity index (χ2n) is 5.44. The first-order valence-electron chi connectivity index (χ1n) is 7.23. The van der Waals surface area contributed by atoms with E-state index >= 15 is 0 Å². The normalized spacial score (nSPS) is 10.6. The molecule has 1 aromatic heterocycles. The molecule has 0 saturated carbocycles. The van der Waals surface area contributed by atoms with Gasteiger partial charge in [0, 0.05) is 5.02 Å². The van der Waals surface area contributed by atoms with Gasteiger partial charge in [0.1, 0.15) is 5.75 Å². The van der Waals surface area contributed by atoms with Crippen molar-refractivity contribution in [1.29, 1.82) is 0 Å². The van der Waals surface area contributed by atoms with Gasteiger partial charge in [-0.05, 0) is 35.5 Å². The number of carbonyl (C=O) groups is 1. The Morgan fingerprint density at radius 3 is 2.76 bits per heavy atom. The highest BCUT2D eigenvalue weighted by Crippen LogP contribution is 2.32. The molecule has 0 radical (unpaired) electrons. The number of nitrogens with one attached hydrogen (secondary N) is 2. The Morgan fingerprint density at radius 2 is 2.12 bits per heavy atom. The summed E-state index contributed by atoms with van der Waals surface area (Å²) in [6.07, 6.45) is 0. The maximum absolute atomic E-state index is 12.4. The first-order chi connectivity index (χ1) is 11.8. The zero-order valence-electron chi connectivity index (χ0n) is 13.7. The fourth-order valence-corrected chi connectivity index (χ4v) is 2.69. The summed E-state index contributed by atoms with van der Waals surface area (Å²) in [6, 6.07) is 2.91. The quantitative estimate of drug-likeness (QED) is 0.742. The van der Waals surface area contributed by atoms with E-state index in [0.717, 1.165) is 0 Å². The molecule has 0 spiro atoms. The molecular formula is C14H16Cl2N6O2S. The van der Waals surface area contributed by atoms with Gasteiger partial charge >= 0.3 is 0 Å². The van der Waals surface area contributed by atoms with E-state index in [1.165, 1.54) is 24.0 Å². The van der Waals surface area contributed by atoms with Gasteiger partial charge in [0.2, 0.25) is 0 Å². The highest BCUT2D eigenvalue weighted by molar-refractivity contribution is 7.80. The molecule has 1 heterocycles. The molecule has 0 unspecified atom stereocenters. The van der Waals surface area contributed by atoms with Gasteiger partial charge in [-0.15, -0.1) is 5.10 Å². The Kier molecular flexibility index (Phi) is 6.51. The Bertz CT molecular complexity index is 796. The molecule has 0 atom stereocenters. The van der Waals surface area contributed by atoms with Crippen LogP contribution in [0.2, 0.25) is 10.0 Å². The van der Waals surface area contributed by atoms with Crippen LogP contribution in [0.25, 0.3) is 0 Å². The lowest BCUT2D eigenvalue weighted by Gasteiger charge is -2.11. The second-order valence-corrected chi connectivity index (χ2v) is 6.69. The number of aromatic nitrogens is 4. The number of rotatable bonds is 5. The molecule has 0 aliphatic rings. The monoisotopic (exact) mass is 402 g/mol. The van der Waals surface area contributed by atoms with Gasteiger partial charge in [0.15, 0.2) is 5.11 Å². The highest BCUT2D eigenvalue weighted by atomic mass is 35.5. The fourth-order valence-electron chi connectivity index (χ4n) is 1.94. The number of methoxy groups -OCH3 is 1. The van der Waals surface area contributed by atoms with Crippen molar-refractivity contribution in [2.45, 2.75) is 20.4 Å². The molecule has 2 aromatic rings. The van der Waals surface area contributed by atoms with E-state index in [-0.39, 0.29) is 27.4 Å². The standard InChI is InChI=1S/C14H16Cl2N6O2S/c1-7(2)6-22-20-13(19-21-22)18-14(25)17-12(23)9-4-8(15)5-10(16)11(9)24-3/h4-5,7H,6H2,1-3H3,(H2,17,18,20,23,25). The van der Waals surface area contributed by atoms with Crippen LogP contribution in [0.1, 0.15) is 24.2 Å². The molecule has 0 aliphatic carbocycles. The van der Waals surface area contributed by atoms with E-state index in [1.54, 1.807) is 0 Å². The summed E-state index contributed by atoms with van der Waals surface area (Å²) in [5, 5.41) is 17.5. The third-order valence-electron chi connectivity index (χ3n) is 2.89. The Morgan fingerprint density at radius 1 is 1.40 bits per heavy atom. The van der Waals surface area contributed by atoms with E-state index in [2.05, 4.69) is 26.0 Å². The fraction of sp³-hybridized carbons (Fsp3) is 0.357. The molecule has 1 aromatic carbocycles. The van der Waals surface area contributed by atoms with Crippen LogP contribution in [0.4, 0.5) is 5.95 Å². The molecule has 0 aliphatic heterocycles. The van der Waals surface area contributed by atoms with E-state index in [4.69, 9.17) is 40.2 Å². The number of halogens is 2. The summed E-state index contributed by atoms with van der Waals surface area (Å²) in [4.78, 5) is 13.8. The summed E-state index contributed by atoms with van der Waals surface area (Å²) in [6.45, 7) is 4.68. The Hall–Kier alpha value is -1.97. The molecule has 8 nitrogen and oxygen atoms in total. The molecular weight excluding hydrogens is 387 g/mol. The van der Waals surface area contributed by atoms with Gasteiger partial charge < -0.3 is 4.74 Å². The third kappa shape index (κ3) is 5.25. The van der Waals surface area contributed by atoms with Gasteiger partial charge in [0.05, 0.1) is 24.2 Å². The minimum Gasteiger partial charge on any atom is -0.494 e. The van der Waals surface area contributed by atoms with Crippen LogP contribution in [0.5, 0.6) is 5.75 Å². The summed E-state index contributed by atoms with van der Waals surface area (Å²) in [5.41, 5.74) is 0.153. The second kappa shape index (κ2) is 8.41. The first-order valence-corrected chi connectivity index (χ1v) is 8.39. The lowest BCUT2D eigenvalue weighted by atomic mass is 10.2. The minimum atomic E-state index is -0.534. The van der Waals surface area contributed by atoms with Gasteiger partial charge in [-0.3, -0.25) is 15.4 Å². The number of carbonyl (C=O) groups excluding carboxylic acids is 1. The molecule has 0 bridgehead atoms. The van der Waals surface area contributed by atoms with E-state index in [9.17, 15) is 4.79 Å². The number of ether oxygens (including phenoxy) is 1. The van der Waals surface area contributed by atoms with Crippen LogP contribution >= 0.6 is 35.4 Å². The number of anilines is 1. The van der Waals surface area contributed by atoms with Crippen molar-refractivity contribution in [2.75, 3.05) is 12.4 Å². The third-order valence-corrected chi connectivity index (χ3v) is 3.59. The predicted octanol–water partition coefficient (Wildman–Crippen LogP) is 2.77. The molecule has 134 valence electrons. The van der Waals surface area contributed by atoms with Crippen molar-refractivity contribution in [1.82, 2.24) is 25.5 Å². The van der Waals surface area contributed by atoms with Crippen molar-refractivity contribution in [3.8, 4) is 5.75 Å². The summed E-state index contributed by atoms with van der Waals surface area (Å²) >= 11 is 17.0. The van der Waals surface area contributed by atoms with Crippen LogP contribution in [-0.2, 0) is 6.54 Å². The SMILES string of the molecule is COc1c(Cl)cc(Cl)cc1C(=O)NC(=S)Nc1nnn(CC(C)C)n1. The number of thiocarbonyl (C=S) groups is 1. The Labute approximate surface area is 159 Å². The maximum atomic E-state index is 12.4. The van der Waals surface area contributed by atoms with Crippen LogP contribution in [-0.4, -0.2) is 38.3 Å². The number of tetrazole rings is 1. The highest BCUT2D eigenvalue weighted by Gasteiger charge is 2.18. The molecule has 25 heavy (non-hydrogen) atoms. The van der Waals surface area contributed by atoms with E-state index < -0.39 is 5.91 Å². The molecule has 0 fully saturated rings. The first kappa shape index (κ1) is 19.4. The van der Waals surface area contributed by atoms with Crippen LogP contribution in [0.15, 0.2) is 12.1 Å². The summed E-state index contributed by atoms with van der Waals surface area (Å²) in [5.74, 6) is 0.219. The molecule has 1 amide bonds. The summed E-state index contributed by atoms with van der Waals surface area (Å²) < 4.78 is 5.14. The summed E-state index contributed by atoms with van der Waals surface area (Å²) in [7, 11) is 1.40. The van der Waals surface area contributed by atoms with Crippen molar-refractivity contribution in [2.24, 2.45) is 5.92 Å². The van der Waals surface area contributed by atoms with Crippen molar-refractivity contribution in [3.05, 3.63) is 27.7 Å². The smallest absolute Gasteiger partial charge is 0.269 e.